The van der Waals surface area contributed by atoms with Gasteiger partial charge >= 0.3 is 5.97 Å². The van der Waals surface area contributed by atoms with Gasteiger partial charge < -0.3 is 15.0 Å². The Labute approximate surface area is 153 Å². The largest absolute Gasteiger partial charge is 0.469 e. The van der Waals surface area contributed by atoms with Gasteiger partial charge in [0.1, 0.15) is 0 Å². The summed E-state index contributed by atoms with van der Waals surface area (Å²) in [6, 6.07) is 8.57. The number of hydrogen-bond acceptors (Lipinski definition) is 4. The van der Waals surface area contributed by atoms with Crippen molar-refractivity contribution in [2.75, 3.05) is 26.7 Å². The second-order valence-corrected chi connectivity index (χ2v) is 6.84. The number of ether oxygens (including phenoxy) is 1. The summed E-state index contributed by atoms with van der Waals surface area (Å²) in [5, 5.41) is 4.25. The molecule has 0 aliphatic carbocycles. The van der Waals surface area contributed by atoms with Crippen LogP contribution in [0.15, 0.2) is 24.3 Å². The lowest BCUT2D eigenvalue weighted by Crippen LogP contribution is -2.42. The van der Waals surface area contributed by atoms with Crippen LogP contribution in [0, 0.1) is 0 Å². The van der Waals surface area contributed by atoms with Gasteiger partial charge in [-0.3, -0.25) is 14.5 Å². The number of amides is 1. The average molecular weight is 357 g/mol. The highest BCUT2D eigenvalue weighted by Crippen LogP contribution is 2.33. The Morgan fingerprint density at radius 2 is 2.12 bits per heavy atom. The van der Waals surface area contributed by atoms with Gasteiger partial charge in [-0.25, -0.2) is 0 Å². The monoisotopic (exact) mass is 357 g/mol. The molecule has 1 amide bonds. The fourth-order valence-electron chi connectivity index (χ4n) is 3.66. The lowest BCUT2D eigenvalue weighted by atomic mass is 9.98. The molecule has 0 saturated carbocycles. The number of fused-ring (bicyclic) bond motifs is 3. The first-order valence-corrected chi connectivity index (χ1v) is 9.27. The van der Waals surface area contributed by atoms with Crippen molar-refractivity contribution in [2.24, 2.45) is 0 Å². The second-order valence-electron chi connectivity index (χ2n) is 6.84. The van der Waals surface area contributed by atoms with Crippen LogP contribution in [0.4, 0.5) is 0 Å². The number of hydrogen-bond donors (Lipinski definition) is 2. The van der Waals surface area contributed by atoms with Crippen LogP contribution in [0.5, 0.6) is 0 Å². The number of esters is 1. The molecule has 2 aromatic rings. The number of aromatic nitrogens is 1. The van der Waals surface area contributed by atoms with E-state index in [0.717, 1.165) is 25.8 Å². The van der Waals surface area contributed by atoms with Gasteiger partial charge in [0.15, 0.2) is 0 Å². The van der Waals surface area contributed by atoms with E-state index >= 15 is 0 Å². The number of H-pyrrole nitrogens is 1. The molecule has 1 aromatic heterocycles. The van der Waals surface area contributed by atoms with Crippen LogP contribution in [0.3, 0.4) is 0 Å². The predicted molar refractivity (Wildman–Crippen MR) is 101 cm³/mol. The third kappa shape index (κ3) is 4.07. The minimum Gasteiger partial charge on any atom is -0.469 e. The molecule has 2 heterocycles. The Hall–Kier alpha value is -2.34. The molecule has 6 nitrogen and oxygen atoms in total. The number of benzene rings is 1. The first-order valence-electron chi connectivity index (χ1n) is 9.27. The number of methoxy groups -OCH3 is 1. The van der Waals surface area contributed by atoms with Gasteiger partial charge in [0.2, 0.25) is 5.91 Å². The van der Waals surface area contributed by atoms with E-state index < -0.39 is 0 Å². The van der Waals surface area contributed by atoms with E-state index in [9.17, 15) is 9.59 Å². The first kappa shape index (κ1) is 18.5. The van der Waals surface area contributed by atoms with Gasteiger partial charge in [0.25, 0.3) is 0 Å². The Balaban J connectivity index is 1.50. The van der Waals surface area contributed by atoms with E-state index in [0.29, 0.717) is 19.5 Å². The molecule has 1 aliphatic heterocycles. The van der Waals surface area contributed by atoms with E-state index in [1.165, 1.54) is 29.3 Å². The molecule has 140 valence electrons. The number of unbranched alkanes of at least 4 members (excludes halogenated alkanes) is 1. The van der Waals surface area contributed by atoms with Crippen LogP contribution in [-0.2, 0) is 20.7 Å². The molecular weight excluding hydrogens is 330 g/mol. The molecule has 0 radical (unpaired) electrons. The van der Waals surface area contributed by atoms with Crippen LogP contribution >= 0.6 is 0 Å². The Bertz CT molecular complexity index is 784. The summed E-state index contributed by atoms with van der Waals surface area (Å²) in [5.41, 5.74) is 3.78. The molecule has 2 N–H and O–H groups in total. The topological polar surface area (TPSA) is 74.4 Å². The summed E-state index contributed by atoms with van der Waals surface area (Å²) >= 11 is 0. The Kier molecular flexibility index (Phi) is 5.93. The quantitative estimate of drug-likeness (QED) is 0.590. The number of rotatable bonds is 7. The second kappa shape index (κ2) is 8.36. The van der Waals surface area contributed by atoms with Crippen LogP contribution in [0.1, 0.15) is 43.5 Å². The number of para-hydroxylation sites is 1. The van der Waals surface area contributed by atoms with E-state index in [4.69, 9.17) is 0 Å². The summed E-state index contributed by atoms with van der Waals surface area (Å²) in [5.74, 6) is -0.165. The van der Waals surface area contributed by atoms with Crippen molar-refractivity contribution in [3.8, 4) is 0 Å². The van der Waals surface area contributed by atoms with Gasteiger partial charge in [-0.15, -0.1) is 0 Å². The van der Waals surface area contributed by atoms with Crippen molar-refractivity contribution in [3.05, 3.63) is 35.5 Å². The maximum Gasteiger partial charge on any atom is 0.305 e. The predicted octanol–water partition coefficient (Wildman–Crippen LogP) is 2.55. The van der Waals surface area contributed by atoms with Crippen molar-refractivity contribution in [2.45, 2.75) is 38.6 Å². The zero-order chi connectivity index (χ0) is 18.5. The van der Waals surface area contributed by atoms with Crippen molar-refractivity contribution in [1.82, 2.24) is 15.2 Å². The smallest absolute Gasteiger partial charge is 0.305 e. The standard InChI is InChI=1S/C20H27N3O3/c1-14-20-16(15-7-3-4-8-17(15)22-20)10-12-23(14)13-18(24)21-11-6-5-9-19(25)26-2/h3-4,7-8,14,22H,5-6,9-13H2,1-2H3,(H,21,24). The first-order chi connectivity index (χ1) is 12.6. The summed E-state index contributed by atoms with van der Waals surface area (Å²) in [6.07, 6.45) is 2.86. The van der Waals surface area contributed by atoms with Gasteiger partial charge in [-0.05, 0) is 37.8 Å². The van der Waals surface area contributed by atoms with Gasteiger partial charge in [-0.1, -0.05) is 18.2 Å². The van der Waals surface area contributed by atoms with Crippen LogP contribution in [0.25, 0.3) is 10.9 Å². The van der Waals surface area contributed by atoms with Crippen molar-refractivity contribution in [3.63, 3.8) is 0 Å². The summed E-state index contributed by atoms with van der Waals surface area (Å²) < 4.78 is 4.60. The minimum atomic E-state index is -0.201. The zero-order valence-corrected chi connectivity index (χ0v) is 15.5. The Morgan fingerprint density at radius 1 is 1.31 bits per heavy atom. The summed E-state index contributed by atoms with van der Waals surface area (Å²) in [7, 11) is 1.39. The fraction of sp³-hybridized carbons (Fsp3) is 0.500. The molecule has 26 heavy (non-hydrogen) atoms. The van der Waals surface area contributed by atoms with Crippen molar-refractivity contribution in [1.29, 1.82) is 0 Å². The molecule has 6 heteroatoms. The molecule has 0 spiro atoms. The SMILES string of the molecule is COC(=O)CCCCNC(=O)CN1CCc2c([nH]c3ccccc23)C1C. The average Bonchev–Trinajstić information content (AvgIpc) is 3.03. The van der Waals surface area contributed by atoms with Crippen LogP contribution < -0.4 is 5.32 Å². The Morgan fingerprint density at radius 3 is 2.92 bits per heavy atom. The fourth-order valence-corrected chi connectivity index (χ4v) is 3.66. The number of carbonyl (C=O) groups is 2. The van der Waals surface area contributed by atoms with E-state index in [1.807, 2.05) is 6.07 Å². The normalized spacial score (nSPS) is 17.1. The third-order valence-corrected chi connectivity index (χ3v) is 5.17. The lowest BCUT2D eigenvalue weighted by Gasteiger charge is -2.32. The number of nitrogens with zero attached hydrogens (tertiary/aromatic N) is 1. The highest BCUT2D eigenvalue weighted by molar-refractivity contribution is 5.85. The maximum absolute atomic E-state index is 12.2. The molecule has 1 atom stereocenters. The number of aromatic amines is 1. The van der Waals surface area contributed by atoms with Crippen molar-refractivity contribution >= 4 is 22.8 Å². The molecule has 0 bridgehead atoms. The van der Waals surface area contributed by atoms with Crippen LogP contribution in [0.2, 0.25) is 0 Å². The minimum absolute atomic E-state index is 0.0366. The molecule has 1 aliphatic rings. The molecule has 0 fully saturated rings. The zero-order valence-electron chi connectivity index (χ0n) is 15.5. The highest BCUT2D eigenvalue weighted by Gasteiger charge is 2.28. The van der Waals surface area contributed by atoms with Gasteiger partial charge in [0.05, 0.1) is 13.7 Å². The van der Waals surface area contributed by atoms with Gasteiger partial charge in [0, 0.05) is 42.1 Å². The summed E-state index contributed by atoms with van der Waals surface area (Å²) in [4.78, 5) is 29.0. The molecule has 3 rings (SSSR count). The molecule has 1 aromatic carbocycles. The van der Waals surface area contributed by atoms with Crippen LogP contribution in [-0.4, -0.2) is 48.5 Å². The lowest BCUT2D eigenvalue weighted by molar-refractivity contribution is -0.140. The van der Waals surface area contributed by atoms with E-state index in [-0.39, 0.29) is 17.9 Å². The summed E-state index contributed by atoms with van der Waals surface area (Å²) in [6.45, 7) is 4.02. The molecular formula is C20H27N3O3. The van der Waals surface area contributed by atoms with E-state index in [2.05, 4.69) is 45.1 Å². The highest BCUT2D eigenvalue weighted by atomic mass is 16.5. The maximum atomic E-state index is 12.2. The molecule has 0 saturated heterocycles. The van der Waals surface area contributed by atoms with Gasteiger partial charge in [-0.2, -0.15) is 0 Å². The van der Waals surface area contributed by atoms with E-state index in [1.54, 1.807) is 0 Å². The molecule has 1 unspecified atom stereocenters. The number of nitrogens with one attached hydrogen (secondary N) is 2. The van der Waals surface area contributed by atoms with Crippen molar-refractivity contribution < 1.29 is 14.3 Å². The third-order valence-electron chi connectivity index (χ3n) is 5.17. The number of carbonyl (C=O) groups excluding carboxylic acids is 2.